The van der Waals surface area contributed by atoms with Gasteiger partial charge in [-0.25, -0.2) is 9.67 Å². The Balaban J connectivity index is 1.72. The monoisotopic (exact) mass is 354 g/mol. The van der Waals surface area contributed by atoms with E-state index in [1.54, 1.807) is 29.8 Å². The van der Waals surface area contributed by atoms with Gasteiger partial charge in [-0.2, -0.15) is 0 Å². The molecule has 3 aromatic heterocycles. The predicted octanol–water partition coefficient (Wildman–Crippen LogP) is 4.44. The number of benzene rings is 1. The molecule has 0 saturated heterocycles. The Labute approximate surface area is 147 Å². The zero-order chi connectivity index (χ0) is 16.5. The van der Waals surface area contributed by atoms with Crippen molar-refractivity contribution in [2.24, 2.45) is 0 Å². The molecule has 0 atom stereocenters. The maximum atomic E-state index is 5.28. The smallest absolute Gasteiger partial charge is 0.146 e. The molecule has 0 amide bonds. The van der Waals surface area contributed by atoms with Gasteiger partial charge in [0.15, 0.2) is 0 Å². The lowest BCUT2D eigenvalue weighted by molar-refractivity contribution is 0.414. The summed E-state index contributed by atoms with van der Waals surface area (Å²) in [6.45, 7) is 2.00. The molecular formula is C17H14N4OS2. The SMILES string of the molecule is COc1cccc(-n2nnc(-c3nc(-c4cccs4)cs3)c2C)c1. The average molecular weight is 354 g/mol. The lowest BCUT2D eigenvalue weighted by Crippen LogP contribution is -1.99. The molecule has 5 nitrogen and oxygen atoms in total. The quantitative estimate of drug-likeness (QED) is 0.544. The van der Waals surface area contributed by atoms with Gasteiger partial charge in [-0.05, 0) is 30.5 Å². The van der Waals surface area contributed by atoms with Crippen molar-refractivity contribution in [3.05, 3.63) is 52.9 Å². The van der Waals surface area contributed by atoms with Crippen molar-refractivity contribution in [2.75, 3.05) is 7.11 Å². The van der Waals surface area contributed by atoms with Crippen molar-refractivity contribution in [1.29, 1.82) is 0 Å². The molecule has 4 aromatic rings. The molecule has 0 radical (unpaired) electrons. The van der Waals surface area contributed by atoms with E-state index < -0.39 is 0 Å². The summed E-state index contributed by atoms with van der Waals surface area (Å²) >= 11 is 3.27. The fraction of sp³-hybridized carbons (Fsp3) is 0.118. The van der Waals surface area contributed by atoms with Crippen LogP contribution < -0.4 is 4.74 Å². The summed E-state index contributed by atoms with van der Waals surface area (Å²) in [5, 5.41) is 13.6. The largest absolute Gasteiger partial charge is 0.497 e. The third kappa shape index (κ3) is 2.61. The van der Waals surface area contributed by atoms with Crippen LogP contribution in [0.15, 0.2) is 47.2 Å². The van der Waals surface area contributed by atoms with Crippen LogP contribution in [0.5, 0.6) is 5.75 Å². The van der Waals surface area contributed by atoms with E-state index in [1.165, 1.54) is 0 Å². The second-order valence-electron chi connectivity index (χ2n) is 5.15. The molecule has 0 fully saturated rings. The second-order valence-corrected chi connectivity index (χ2v) is 6.96. The highest BCUT2D eigenvalue weighted by molar-refractivity contribution is 7.15. The third-order valence-electron chi connectivity index (χ3n) is 3.67. The molecule has 120 valence electrons. The number of nitrogens with zero attached hydrogens (tertiary/aromatic N) is 4. The van der Waals surface area contributed by atoms with Crippen molar-refractivity contribution in [1.82, 2.24) is 20.0 Å². The number of hydrogen-bond donors (Lipinski definition) is 0. The summed E-state index contributed by atoms with van der Waals surface area (Å²) in [6, 6.07) is 11.9. The highest BCUT2D eigenvalue weighted by atomic mass is 32.1. The minimum absolute atomic E-state index is 0.790. The molecular weight excluding hydrogens is 340 g/mol. The van der Waals surface area contributed by atoms with Crippen LogP contribution in [0.1, 0.15) is 5.69 Å². The molecule has 7 heteroatoms. The Kier molecular flexibility index (Phi) is 3.87. The summed E-state index contributed by atoms with van der Waals surface area (Å²) in [5.74, 6) is 0.790. The van der Waals surface area contributed by atoms with Crippen LogP contribution in [0.4, 0.5) is 0 Å². The van der Waals surface area contributed by atoms with E-state index in [9.17, 15) is 0 Å². The third-order valence-corrected chi connectivity index (χ3v) is 5.41. The van der Waals surface area contributed by atoms with E-state index in [4.69, 9.17) is 9.72 Å². The molecule has 0 bridgehead atoms. The number of aromatic nitrogens is 4. The first-order valence-electron chi connectivity index (χ1n) is 7.33. The van der Waals surface area contributed by atoms with E-state index in [2.05, 4.69) is 27.1 Å². The summed E-state index contributed by atoms with van der Waals surface area (Å²) in [5.41, 5.74) is 3.67. The van der Waals surface area contributed by atoms with Crippen LogP contribution >= 0.6 is 22.7 Å². The maximum absolute atomic E-state index is 5.28. The lowest BCUT2D eigenvalue weighted by Gasteiger charge is -2.05. The van der Waals surface area contributed by atoms with Crippen LogP contribution in [-0.4, -0.2) is 27.1 Å². The Morgan fingerprint density at radius 3 is 2.83 bits per heavy atom. The fourth-order valence-electron chi connectivity index (χ4n) is 2.43. The summed E-state index contributed by atoms with van der Waals surface area (Å²) in [4.78, 5) is 5.88. The molecule has 0 aliphatic rings. The van der Waals surface area contributed by atoms with Gasteiger partial charge in [-0.1, -0.05) is 17.3 Å². The molecule has 0 spiro atoms. The molecule has 3 heterocycles. The molecule has 0 unspecified atom stereocenters. The van der Waals surface area contributed by atoms with Crippen molar-refractivity contribution in [3.63, 3.8) is 0 Å². The first-order valence-corrected chi connectivity index (χ1v) is 9.08. The minimum atomic E-state index is 0.790. The summed E-state index contributed by atoms with van der Waals surface area (Å²) < 4.78 is 7.09. The van der Waals surface area contributed by atoms with Crippen LogP contribution in [-0.2, 0) is 0 Å². The van der Waals surface area contributed by atoms with Gasteiger partial charge in [0.1, 0.15) is 16.5 Å². The Morgan fingerprint density at radius 2 is 2.04 bits per heavy atom. The van der Waals surface area contributed by atoms with E-state index in [1.807, 2.05) is 41.9 Å². The minimum Gasteiger partial charge on any atom is -0.497 e. The number of thiazole rings is 1. The van der Waals surface area contributed by atoms with Crippen molar-refractivity contribution in [2.45, 2.75) is 6.92 Å². The summed E-state index contributed by atoms with van der Waals surface area (Å²) in [6.07, 6.45) is 0. The maximum Gasteiger partial charge on any atom is 0.146 e. The topological polar surface area (TPSA) is 52.8 Å². The molecule has 0 aliphatic heterocycles. The van der Waals surface area contributed by atoms with Crippen LogP contribution in [0.3, 0.4) is 0 Å². The van der Waals surface area contributed by atoms with E-state index in [-0.39, 0.29) is 0 Å². The second kappa shape index (κ2) is 6.18. The van der Waals surface area contributed by atoms with Gasteiger partial charge < -0.3 is 4.74 Å². The molecule has 4 rings (SSSR count). The molecule has 1 aromatic carbocycles. The molecule has 24 heavy (non-hydrogen) atoms. The number of methoxy groups -OCH3 is 1. The number of thiophene rings is 1. The van der Waals surface area contributed by atoms with E-state index in [0.717, 1.165) is 38.4 Å². The standard InChI is InChI=1S/C17H14N4OS2/c1-11-16(17-18-14(10-24-17)15-7-4-8-23-15)19-20-21(11)12-5-3-6-13(9-12)22-2/h3-10H,1-2H3. The van der Waals surface area contributed by atoms with Crippen molar-refractivity contribution < 1.29 is 4.74 Å². The number of ether oxygens (including phenoxy) is 1. The first kappa shape index (κ1) is 15.0. The number of rotatable bonds is 4. The van der Waals surface area contributed by atoms with Crippen LogP contribution in [0.25, 0.3) is 27.0 Å². The fourth-order valence-corrected chi connectivity index (χ4v) is 4.05. The highest BCUT2D eigenvalue weighted by Crippen LogP contribution is 2.32. The zero-order valence-electron chi connectivity index (χ0n) is 13.1. The Hall–Kier alpha value is -2.51. The van der Waals surface area contributed by atoms with Gasteiger partial charge in [0.25, 0.3) is 0 Å². The van der Waals surface area contributed by atoms with Gasteiger partial charge in [-0.3, -0.25) is 0 Å². The van der Waals surface area contributed by atoms with E-state index in [0.29, 0.717) is 0 Å². The van der Waals surface area contributed by atoms with Gasteiger partial charge in [0, 0.05) is 11.4 Å². The van der Waals surface area contributed by atoms with Gasteiger partial charge >= 0.3 is 0 Å². The van der Waals surface area contributed by atoms with E-state index >= 15 is 0 Å². The van der Waals surface area contributed by atoms with Gasteiger partial charge in [0.05, 0.1) is 29.1 Å². The summed E-state index contributed by atoms with van der Waals surface area (Å²) in [7, 11) is 1.65. The number of hydrogen-bond acceptors (Lipinski definition) is 6. The zero-order valence-corrected chi connectivity index (χ0v) is 14.8. The van der Waals surface area contributed by atoms with Crippen LogP contribution in [0.2, 0.25) is 0 Å². The lowest BCUT2D eigenvalue weighted by atomic mass is 10.3. The Morgan fingerprint density at radius 1 is 1.12 bits per heavy atom. The first-order chi connectivity index (χ1) is 11.8. The van der Waals surface area contributed by atoms with Gasteiger partial charge in [-0.15, -0.1) is 27.8 Å². The average Bonchev–Trinajstić information content (AvgIpc) is 3.34. The van der Waals surface area contributed by atoms with Crippen molar-refractivity contribution in [3.8, 4) is 32.7 Å². The molecule has 0 saturated carbocycles. The van der Waals surface area contributed by atoms with Crippen LogP contribution in [0, 0.1) is 6.92 Å². The van der Waals surface area contributed by atoms with Gasteiger partial charge in [0.2, 0.25) is 0 Å². The highest BCUT2D eigenvalue weighted by Gasteiger charge is 2.16. The predicted molar refractivity (Wildman–Crippen MR) is 97.1 cm³/mol. The molecule has 0 N–H and O–H groups in total. The van der Waals surface area contributed by atoms with Crippen molar-refractivity contribution >= 4 is 22.7 Å². The molecule has 0 aliphatic carbocycles. The normalized spacial score (nSPS) is 10.9. The Bertz CT molecular complexity index is 972.